The number of nitrogens with zero attached hydrogens (tertiary/aromatic N) is 3. The highest BCUT2D eigenvalue weighted by Crippen LogP contribution is 2.31. The summed E-state index contributed by atoms with van der Waals surface area (Å²) in [6.45, 7) is 5.09. The van der Waals surface area contributed by atoms with Crippen LogP contribution in [-0.2, 0) is 11.2 Å². The number of likely N-dealkylation sites (tertiary alicyclic amines) is 1. The monoisotopic (exact) mass is 379 g/mol. The van der Waals surface area contributed by atoms with Crippen molar-refractivity contribution in [1.82, 2.24) is 9.88 Å². The molecule has 4 rings (SSSR count). The van der Waals surface area contributed by atoms with Gasteiger partial charge in [-0.3, -0.25) is 9.78 Å². The summed E-state index contributed by atoms with van der Waals surface area (Å²) < 4.78 is 0. The number of piperidine rings is 1. The van der Waals surface area contributed by atoms with Crippen molar-refractivity contribution in [2.45, 2.75) is 44.6 Å². The van der Waals surface area contributed by atoms with Crippen LogP contribution in [0, 0.1) is 0 Å². The van der Waals surface area contributed by atoms with Crippen LogP contribution < -0.4 is 4.90 Å². The quantitative estimate of drug-likeness (QED) is 0.886. The third-order valence-electron chi connectivity index (χ3n) is 6.18. The Hall–Kier alpha value is -2.24. The van der Waals surface area contributed by atoms with E-state index in [1.165, 1.54) is 11.1 Å². The molecule has 5 heteroatoms. The predicted octanol–water partition coefficient (Wildman–Crippen LogP) is 3.29. The minimum absolute atomic E-state index is 0.0892. The largest absolute Gasteiger partial charge is 0.387 e. The molecule has 3 heterocycles. The number of aliphatic hydroxyl groups excluding tert-OH is 1. The SMILES string of the molecule is CC(=O)N1CCCc2cc(C(O)CN3CCC(c4ccncc4)CC3)ccc21. The molecule has 0 saturated carbocycles. The lowest BCUT2D eigenvalue weighted by Gasteiger charge is -2.34. The summed E-state index contributed by atoms with van der Waals surface area (Å²) in [6, 6.07) is 10.3. The van der Waals surface area contributed by atoms with E-state index < -0.39 is 6.10 Å². The molecule has 0 aliphatic carbocycles. The van der Waals surface area contributed by atoms with E-state index in [2.05, 4.69) is 28.1 Å². The molecule has 148 valence electrons. The molecule has 5 nitrogen and oxygen atoms in total. The van der Waals surface area contributed by atoms with Gasteiger partial charge in [-0.1, -0.05) is 12.1 Å². The molecule has 0 spiro atoms. The van der Waals surface area contributed by atoms with Gasteiger partial charge in [0.1, 0.15) is 0 Å². The maximum atomic E-state index is 11.8. The van der Waals surface area contributed by atoms with Crippen molar-refractivity contribution in [2.24, 2.45) is 0 Å². The number of carbonyl (C=O) groups is 1. The van der Waals surface area contributed by atoms with Gasteiger partial charge in [0.05, 0.1) is 6.10 Å². The zero-order valence-electron chi connectivity index (χ0n) is 16.6. The highest BCUT2D eigenvalue weighted by atomic mass is 16.3. The molecule has 1 atom stereocenters. The third-order valence-corrected chi connectivity index (χ3v) is 6.18. The zero-order chi connectivity index (χ0) is 19.5. The molecule has 2 aliphatic heterocycles. The van der Waals surface area contributed by atoms with Crippen LogP contribution in [0.25, 0.3) is 0 Å². The third kappa shape index (κ3) is 4.10. The Balaban J connectivity index is 1.37. The van der Waals surface area contributed by atoms with Gasteiger partial charge < -0.3 is 14.9 Å². The summed E-state index contributed by atoms with van der Waals surface area (Å²) in [6.07, 6.45) is 7.44. The number of rotatable bonds is 4. The first kappa shape index (κ1) is 19.1. The number of pyridine rings is 1. The van der Waals surface area contributed by atoms with E-state index >= 15 is 0 Å². The van der Waals surface area contributed by atoms with Gasteiger partial charge in [0, 0.05) is 38.1 Å². The average Bonchev–Trinajstić information content (AvgIpc) is 2.74. The molecule has 0 bridgehead atoms. The van der Waals surface area contributed by atoms with Gasteiger partial charge in [0.25, 0.3) is 0 Å². The first-order chi connectivity index (χ1) is 13.6. The maximum Gasteiger partial charge on any atom is 0.223 e. The average molecular weight is 380 g/mol. The molecule has 1 aromatic heterocycles. The summed E-state index contributed by atoms with van der Waals surface area (Å²) in [4.78, 5) is 20.2. The fourth-order valence-electron chi connectivity index (χ4n) is 4.59. The van der Waals surface area contributed by atoms with Gasteiger partial charge in [0.2, 0.25) is 5.91 Å². The number of aromatic nitrogens is 1. The lowest BCUT2D eigenvalue weighted by atomic mass is 9.90. The number of anilines is 1. The second-order valence-corrected chi connectivity index (χ2v) is 8.03. The molecule has 28 heavy (non-hydrogen) atoms. The minimum atomic E-state index is -0.490. The number of β-amino-alcohol motifs (C(OH)–C–C–N with tert-alkyl or cyclic N) is 1. The van der Waals surface area contributed by atoms with Crippen LogP contribution in [0.1, 0.15) is 54.9 Å². The second kappa shape index (κ2) is 8.41. The molecule has 2 aromatic rings. The van der Waals surface area contributed by atoms with Gasteiger partial charge in [-0.25, -0.2) is 0 Å². The van der Waals surface area contributed by atoms with Crippen LogP contribution in [0.5, 0.6) is 0 Å². The zero-order valence-corrected chi connectivity index (χ0v) is 16.6. The summed E-state index contributed by atoms with van der Waals surface area (Å²) in [5.74, 6) is 0.684. The molecule has 1 fully saturated rings. The Morgan fingerprint density at radius 3 is 2.64 bits per heavy atom. The van der Waals surface area contributed by atoms with Crippen LogP contribution in [0.2, 0.25) is 0 Å². The standard InChI is InChI=1S/C23H29N3O2/c1-17(27)26-12-2-3-20-15-21(4-5-22(20)26)23(28)16-25-13-8-19(9-14-25)18-6-10-24-11-7-18/h4-7,10-11,15,19,23,28H,2-3,8-9,12-14,16H2,1H3. The van der Waals surface area contributed by atoms with Crippen LogP contribution in [-0.4, -0.2) is 47.1 Å². The lowest BCUT2D eigenvalue weighted by molar-refractivity contribution is -0.116. The highest BCUT2D eigenvalue weighted by Gasteiger charge is 2.24. The van der Waals surface area contributed by atoms with E-state index in [9.17, 15) is 9.90 Å². The van der Waals surface area contributed by atoms with E-state index in [0.717, 1.165) is 56.6 Å². The summed E-state index contributed by atoms with van der Waals surface area (Å²) in [5.41, 5.74) is 4.52. The van der Waals surface area contributed by atoms with E-state index in [4.69, 9.17) is 0 Å². The van der Waals surface area contributed by atoms with Gasteiger partial charge in [0.15, 0.2) is 0 Å². The van der Waals surface area contributed by atoms with Crippen LogP contribution in [0.3, 0.4) is 0 Å². The number of fused-ring (bicyclic) bond motifs is 1. The molecule has 2 aliphatic rings. The van der Waals surface area contributed by atoms with Gasteiger partial charge in [-0.05, 0) is 79.6 Å². The Kier molecular flexibility index (Phi) is 5.74. The molecule has 1 amide bonds. The smallest absolute Gasteiger partial charge is 0.223 e. The molecule has 0 radical (unpaired) electrons. The molecule has 1 aromatic carbocycles. The van der Waals surface area contributed by atoms with Crippen molar-refractivity contribution in [2.75, 3.05) is 31.1 Å². The van der Waals surface area contributed by atoms with Gasteiger partial charge in [-0.15, -0.1) is 0 Å². The first-order valence-electron chi connectivity index (χ1n) is 10.3. The van der Waals surface area contributed by atoms with E-state index in [-0.39, 0.29) is 5.91 Å². The fraction of sp³-hybridized carbons (Fsp3) is 0.478. The first-order valence-corrected chi connectivity index (χ1v) is 10.3. The Morgan fingerprint density at radius 1 is 1.18 bits per heavy atom. The van der Waals surface area contributed by atoms with Crippen LogP contribution >= 0.6 is 0 Å². The van der Waals surface area contributed by atoms with Crippen molar-refractivity contribution in [3.8, 4) is 0 Å². The lowest BCUT2D eigenvalue weighted by Crippen LogP contribution is -2.36. The van der Waals surface area contributed by atoms with E-state index in [1.807, 2.05) is 29.4 Å². The number of hydrogen-bond acceptors (Lipinski definition) is 4. The number of hydrogen-bond donors (Lipinski definition) is 1. The minimum Gasteiger partial charge on any atom is -0.387 e. The topological polar surface area (TPSA) is 56.7 Å². The van der Waals surface area contributed by atoms with E-state index in [0.29, 0.717) is 12.5 Å². The second-order valence-electron chi connectivity index (χ2n) is 8.03. The van der Waals surface area contributed by atoms with Gasteiger partial charge in [-0.2, -0.15) is 0 Å². The predicted molar refractivity (Wildman–Crippen MR) is 110 cm³/mol. The van der Waals surface area contributed by atoms with Crippen molar-refractivity contribution >= 4 is 11.6 Å². The number of aliphatic hydroxyl groups is 1. The molecule has 1 unspecified atom stereocenters. The van der Waals surface area contributed by atoms with Crippen molar-refractivity contribution in [3.05, 3.63) is 59.4 Å². The summed E-state index contributed by atoms with van der Waals surface area (Å²) in [7, 11) is 0. The molecular formula is C23H29N3O2. The Morgan fingerprint density at radius 2 is 1.93 bits per heavy atom. The van der Waals surface area contributed by atoms with Crippen molar-refractivity contribution in [1.29, 1.82) is 0 Å². The number of amides is 1. The number of carbonyl (C=O) groups excluding carboxylic acids is 1. The molecular weight excluding hydrogens is 350 g/mol. The van der Waals surface area contributed by atoms with Gasteiger partial charge >= 0.3 is 0 Å². The Labute approximate surface area is 167 Å². The molecule has 1 N–H and O–H groups in total. The maximum absolute atomic E-state index is 11.8. The van der Waals surface area contributed by atoms with Crippen LogP contribution in [0.4, 0.5) is 5.69 Å². The number of benzene rings is 1. The van der Waals surface area contributed by atoms with E-state index in [1.54, 1.807) is 6.92 Å². The Bertz CT molecular complexity index is 816. The fourth-order valence-corrected chi connectivity index (χ4v) is 4.59. The van der Waals surface area contributed by atoms with Crippen molar-refractivity contribution in [3.63, 3.8) is 0 Å². The number of aryl methyl sites for hydroxylation is 1. The van der Waals surface area contributed by atoms with Crippen molar-refractivity contribution < 1.29 is 9.90 Å². The summed E-state index contributed by atoms with van der Waals surface area (Å²) >= 11 is 0. The highest BCUT2D eigenvalue weighted by molar-refractivity contribution is 5.92. The summed E-state index contributed by atoms with van der Waals surface area (Å²) in [5, 5.41) is 10.8. The van der Waals surface area contributed by atoms with Crippen LogP contribution in [0.15, 0.2) is 42.7 Å². The molecule has 1 saturated heterocycles. The normalized spacial score (nSPS) is 19.3.